The first kappa shape index (κ1) is 14.4. The Morgan fingerprint density at radius 3 is 2.52 bits per heavy atom. The molecule has 1 aromatic heterocycles. The number of hydrogen-bond donors (Lipinski definition) is 0. The lowest BCUT2D eigenvalue weighted by Crippen LogP contribution is -2.35. The predicted octanol–water partition coefficient (Wildman–Crippen LogP) is 3.45. The van der Waals surface area contributed by atoms with E-state index in [0.717, 1.165) is 38.4 Å². The average molecular weight is 301 g/mol. The summed E-state index contributed by atoms with van der Waals surface area (Å²) in [5.41, 5.74) is 1.95. The zero-order chi connectivity index (χ0) is 14.7. The molecule has 110 valence electrons. The summed E-state index contributed by atoms with van der Waals surface area (Å²) < 4.78 is 5.38. The van der Waals surface area contributed by atoms with Crippen LogP contribution >= 0.6 is 11.3 Å². The number of hydrogen-bond acceptors (Lipinski definition) is 4. The lowest BCUT2D eigenvalue weighted by molar-refractivity contribution is 0.0346. The molecule has 0 aliphatic carbocycles. The smallest absolute Gasteiger partial charge is 0.159 e. The summed E-state index contributed by atoms with van der Waals surface area (Å²) in [5.74, 6) is 0.112. The summed E-state index contributed by atoms with van der Waals surface area (Å²) in [6.45, 7) is 6.30. The van der Waals surface area contributed by atoms with Gasteiger partial charge >= 0.3 is 0 Å². The summed E-state index contributed by atoms with van der Waals surface area (Å²) in [4.78, 5) is 16.4. The fourth-order valence-electron chi connectivity index (χ4n) is 2.47. The Balaban J connectivity index is 1.70. The van der Waals surface area contributed by atoms with Crippen molar-refractivity contribution in [1.29, 1.82) is 0 Å². The molecule has 1 fully saturated rings. The van der Waals surface area contributed by atoms with E-state index in [4.69, 9.17) is 4.74 Å². The van der Waals surface area contributed by atoms with Crippen molar-refractivity contribution < 1.29 is 9.53 Å². The molecular formula is C17H19NO2S. The molecule has 21 heavy (non-hydrogen) atoms. The van der Waals surface area contributed by atoms with Crippen LogP contribution in [0.5, 0.6) is 0 Å². The van der Waals surface area contributed by atoms with Gasteiger partial charge in [-0.3, -0.25) is 9.69 Å². The number of carbonyl (C=O) groups is 1. The Hall–Kier alpha value is -1.49. The monoisotopic (exact) mass is 301 g/mol. The van der Waals surface area contributed by atoms with E-state index in [9.17, 15) is 4.79 Å². The quantitative estimate of drug-likeness (QED) is 0.810. The Morgan fingerprint density at radius 1 is 1.14 bits per heavy atom. The van der Waals surface area contributed by atoms with Crippen LogP contribution in [-0.2, 0) is 11.3 Å². The van der Waals surface area contributed by atoms with Crippen LogP contribution in [-0.4, -0.2) is 37.0 Å². The second kappa shape index (κ2) is 6.52. The number of rotatable bonds is 4. The molecule has 0 radical (unpaired) electrons. The molecule has 2 aromatic rings. The summed E-state index contributed by atoms with van der Waals surface area (Å²) in [7, 11) is 0. The molecule has 1 aliphatic rings. The molecule has 0 spiro atoms. The van der Waals surface area contributed by atoms with Crippen molar-refractivity contribution in [3.05, 3.63) is 46.8 Å². The SMILES string of the molecule is CC(=O)c1ccc(-c2ccc(CN3CCOCC3)s2)cc1. The lowest BCUT2D eigenvalue weighted by atomic mass is 10.1. The summed E-state index contributed by atoms with van der Waals surface area (Å²) in [6, 6.07) is 12.2. The van der Waals surface area contributed by atoms with Crippen LogP contribution in [0.15, 0.2) is 36.4 Å². The van der Waals surface area contributed by atoms with E-state index in [2.05, 4.69) is 17.0 Å². The molecule has 0 bridgehead atoms. The van der Waals surface area contributed by atoms with Gasteiger partial charge in [0.15, 0.2) is 5.78 Å². The standard InChI is InChI=1S/C17H19NO2S/c1-13(19)14-2-4-15(5-3-14)17-7-6-16(21-17)12-18-8-10-20-11-9-18/h2-7H,8-12H2,1H3. The first-order chi connectivity index (χ1) is 10.2. The molecule has 1 saturated heterocycles. The Labute approximate surface area is 129 Å². The van der Waals surface area contributed by atoms with Gasteiger partial charge in [0.25, 0.3) is 0 Å². The first-order valence-corrected chi connectivity index (χ1v) is 8.04. The maximum atomic E-state index is 11.3. The van der Waals surface area contributed by atoms with Gasteiger partial charge in [-0.15, -0.1) is 11.3 Å². The molecule has 3 rings (SSSR count). The zero-order valence-corrected chi connectivity index (χ0v) is 13.0. The number of carbonyl (C=O) groups excluding carboxylic acids is 1. The lowest BCUT2D eigenvalue weighted by Gasteiger charge is -2.25. The Bertz CT molecular complexity index is 612. The molecule has 0 atom stereocenters. The Kier molecular flexibility index (Phi) is 4.48. The van der Waals surface area contributed by atoms with Gasteiger partial charge in [-0.1, -0.05) is 24.3 Å². The molecule has 0 N–H and O–H groups in total. The van der Waals surface area contributed by atoms with Crippen LogP contribution in [0.25, 0.3) is 10.4 Å². The third-order valence-electron chi connectivity index (χ3n) is 3.72. The highest BCUT2D eigenvalue weighted by molar-refractivity contribution is 7.15. The third-order valence-corrected chi connectivity index (χ3v) is 4.84. The van der Waals surface area contributed by atoms with E-state index in [1.54, 1.807) is 6.92 Å². The number of ether oxygens (including phenoxy) is 1. The highest BCUT2D eigenvalue weighted by atomic mass is 32.1. The first-order valence-electron chi connectivity index (χ1n) is 7.22. The number of nitrogens with zero attached hydrogens (tertiary/aromatic N) is 1. The highest BCUT2D eigenvalue weighted by Crippen LogP contribution is 2.29. The van der Waals surface area contributed by atoms with Gasteiger partial charge in [-0.25, -0.2) is 0 Å². The molecule has 0 amide bonds. The van der Waals surface area contributed by atoms with Crippen LogP contribution in [0.3, 0.4) is 0 Å². The molecule has 1 aliphatic heterocycles. The summed E-state index contributed by atoms with van der Waals surface area (Å²) >= 11 is 1.83. The van der Waals surface area contributed by atoms with Gasteiger partial charge in [0.1, 0.15) is 0 Å². The molecular weight excluding hydrogens is 282 g/mol. The minimum atomic E-state index is 0.112. The minimum absolute atomic E-state index is 0.112. The average Bonchev–Trinajstić information content (AvgIpc) is 2.97. The van der Waals surface area contributed by atoms with Crippen molar-refractivity contribution >= 4 is 17.1 Å². The van der Waals surface area contributed by atoms with Gasteiger partial charge in [0.2, 0.25) is 0 Å². The molecule has 0 saturated carbocycles. The number of Topliss-reactive ketones (excluding diaryl/α,β-unsaturated/α-hetero) is 1. The molecule has 0 unspecified atom stereocenters. The highest BCUT2D eigenvalue weighted by Gasteiger charge is 2.12. The summed E-state index contributed by atoms with van der Waals surface area (Å²) in [5, 5.41) is 0. The van der Waals surface area contributed by atoms with Crippen molar-refractivity contribution in [2.75, 3.05) is 26.3 Å². The van der Waals surface area contributed by atoms with E-state index in [0.29, 0.717) is 0 Å². The van der Waals surface area contributed by atoms with Crippen molar-refractivity contribution in [2.45, 2.75) is 13.5 Å². The molecule has 4 heteroatoms. The predicted molar refractivity (Wildman–Crippen MR) is 85.9 cm³/mol. The minimum Gasteiger partial charge on any atom is -0.379 e. The van der Waals surface area contributed by atoms with Crippen molar-refractivity contribution in [3.8, 4) is 10.4 Å². The second-order valence-electron chi connectivity index (χ2n) is 5.29. The summed E-state index contributed by atoms with van der Waals surface area (Å²) in [6.07, 6.45) is 0. The number of morpholine rings is 1. The van der Waals surface area contributed by atoms with Crippen molar-refractivity contribution in [3.63, 3.8) is 0 Å². The van der Waals surface area contributed by atoms with Crippen LogP contribution in [0.4, 0.5) is 0 Å². The largest absolute Gasteiger partial charge is 0.379 e. The second-order valence-corrected chi connectivity index (χ2v) is 6.46. The van der Waals surface area contributed by atoms with Gasteiger partial charge in [-0.05, 0) is 24.6 Å². The van der Waals surface area contributed by atoms with Crippen LogP contribution < -0.4 is 0 Å². The maximum absolute atomic E-state index is 11.3. The number of thiophene rings is 1. The fraction of sp³-hybridized carbons (Fsp3) is 0.353. The van der Waals surface area contributed by atoms with Gasteiger partial charge in [-0.2, -0.15) is 0 Å². The van der Waals surface area contributed by atoms with Crippen LogP contribution in [0.1, 0.15) is 22.2 Å². The van der Waals surface area contributed by atoms with Gasteiger partial charge in [0.05, 0.1) is 13.2 Å². The third kappa shape index (κ3) is 3.59. The van der Waals surface area contributed by atoms with Gasteiger partial charge in [0, 0.05) is 35.0 Å². The molecule has 1 aromatic carbocycles. The van der Waals surface area contributed by atoms with E-state index in [-0.39, 0.29) is 5.78 Å². The number of ketones is 1. The Morgan fingerprint density at radius 2 is 1.86 bits per heavy atom. The van der Waals surface area contributed by atoms with E-state index < -0.39 is 0 Å². The van der Waals surface area contributed by atoms with Crippen LogP contribution in [0.2, 0.25) is 0 Å². The van der Waals surface area contributed by atoms with E-state index in [1.807, 2.05) is 35.6 Å². The maximum Gasteiger partial charge on any atom is 0.159 e. The number of benzene rings is 1. The fourth-order valence-corrected chi connectivity index (χ4v) is 3.52. The van der Waals surface area contributed by atoms with Gasteiger partial charge < -0.3 is 4.74 Å². The normalized spacial score (nSPS) is 16.0. The molecule has 3 nitrogen and oxygen atoms in total. The zero-order valence-electron chi connectivity index (χ0n) is 12.2. The van der Waals surface area contributed by atoms with Crippen LogP contribution in [0, 0.1) is 0 Å². The van der Waals surface area contributed by atoms with E-state index >= 15 is 0 Å². The van der Waals surface area contributed by atoms with Crippen molar-refractivity contribution in [1.82, 2.24) is 4.90 Å². The molecule has 2 heterocycles. The topological polar surface area (TPSA) is 29.5 Å². The van der Waals surface area contributed by atoms with Crippen molar-refractivity contribution in [2.24, 2.45) is 0 Å². The van der Waals surface area contributed by atoms with E-state index in [1.165, 1.54) is 15.3 Å².